The molecule has 7 nitrogen and oxygen atoms in total. The lowest BCUT2D eigenvalue weighted by atomic mass is 10.0. The van der Waals surface area contributed by atoms with Crippen LogP contribution < -0.4 is 4.90 Å². The van der Waals surface area contributed by atoms with E-state index in [0.717, 1.165) is 28.2 Å². The van der Waals surface area contributed by atoms with Crippen molar-refractivity contribution in [1.82, 2.24) is 14.2 Å². The maximum Gasteiger partial charge on any atom is 0.253 e. The number of sulfonamides is 1. The highest BCUT2D eigenvalue weighted by Gasteiger charge is 2.29. The molecule has 1 aromatic heterocycles. The molecule has 2 aliphatic heterocycles. The molecule has 2 aromatic carbocycles. The Kier molecular flexibility index (Phi) is 6.54. The Morgan fingerprint density at radius 2 is 1.68 bits per heavy atom. The van der Waals surface area contributed by atoms with Crippen molar-refractivity contribution in [3.63, 3.8) is 0 Å². The molecule has 0 unspecified atom stereocenters. The zero-order valence-electron chi connectivity index (χ0n) is 19.0. The lowest BCUT2D eigenvalue weighted by Gasteiger charge is -2.34. The highest BCUT2D eigenvalue weighted by molar-refractivity contribution is 7.89. The Balaban J connectivity index is 1.23. The zero-order valence-corrected chi connectivity index (χ0v) is 21.4. The van der Waals surface area contributed by atoms with E-state index in [-0.39, 0.29) is 10.8 Å². The predicted molar refractivity (Wildman–Crippen MR) is 136 cm³/mol. The minimum absolute atomic E-state index is 0.0808. The van der Waals surface area contributed by atoms with Crippen LogP contribution in [0.2, 0.25) is 5.02 Å². The number of nitrogens with zero attached hydrogens (tertiary/aromatic N) is 4. The summed E-state index contributed by atoms with van der Waals surface area (Å²) in [6.07, 6.45) is 1.76. The van der Waals surface area contributed by atoms with Crippen LogP contribution in [0.1, 0.15) is 30.1 Å². The first kappa shape index (κ1) is 23.5. The van der Waals surface area contributed by atoms with Crippen molar-refractivity contribution in [1.29, 1.82) is 0 Å². The average Bonchev–Trinajstić information content (AvgIpc) is 3.30. The molecule has 0 atom stereocenters. The number of halogens is 1. The molecule has 0 N–H and O–H groups in total. The van der Waals surface area contributed by atoms with Crippen LogP contribution in [0.5, 0.6) is 0 Å². The molecular formula is C24H27ClN4O3S2. The van der Waals surface area contributed by atoms with E-state index >= 15 is 0 Å². The second-order valence-electron chi connectivity index (χ2n) is 8.97. The molecule has 0 bridgehead atoms. The molecule has 180 valence electrons. The van der Waals surface area contributed by atoms with Crippen molar-refractivity contribution in [2.75, 3.05) is 44.2 Å². The Labute approximate surface area is 209 Å². The van der Waals surface area contributed by atoms with Crippen molar-refractivity contribution in [2.45, 2.75) is 24.7 Å². The predicted octanol–water partition coefficient (Wildman–Crippen LogP) is 4.33. The standard InChI is InChI=1S/C24H27ClN4O3S2/c1-17-9-11-29(12-10-17)34(31,32)19-7-5-18(6-8-19)23(30)27-13-15-28(16-14-27)24-26-22-20(25)3-2-4-21(22)33-24/h2-8,17H,9-16H2,1H3. The third kappa shape index (κ3) is 4.54. The minimum Gasteiger partial charge on any atom is -0.345 e. The highest BCUT2D eigenvalue weighted by Crippen LogP contribution is 2.33. The lowest BCUT2D eigenvalue weighted by Crippen LogP contribution is -2.48. The molecule has 0 aliphatic carbocycles. The van der Waals surface area contributed by atoms with Gasteiger partial charge in [-0.2, -0.15) is 4.31 Å². The normalized spacial score (nSPS) is 18.5. The first-order valence-corrected chi connectivity index (χ1v) is 14.2. The number of piperazine rings is 1. The number of anilines is 1. The molecule has 0 saturated carbocycles. The van der Waals surface area contributed by atoms with E-state index in [0.29, 0.717) is 55.8 Å². The number of amides is 1. The number of carbonyl (C=O) groups is 1. The Hall–Kier alpha value is -2.20. The van der Waals surface area contributed by atoms with Crippen molar-refractivity contribution in [2.24, 2.45) is 5.92 Å². The summed E-state index contributed by atoms with van der Waals surface area (Å²) in [5.41, 5.74) is 1.32. The summed E-state index contributed by atoms with van der Waals surface area (Å²) in [5, 5.41) is 1.56. The van der Waals surface area contributed by atoms with Gasteiger partial charge in [0.15, 0.2) is 5.13 Å². The molecule has 3 aromatic rings. The second-order valence-corrected chi connectivity index (χ2v) is 12.3. The molecule has 1 amide bonds. The average molecular weight is 519 g/mol. The van der Waals surface area contributed by atoms with Gasteiger partial charge in [0.2, 0.25) is 10.0 Å². The largest absolute Gasteiger partial charge is 0.345 e. The number of piperidine rings is 1. The van der Waals surface area contributed by atoms with Crippen molar-refractivity contribution < 1.29 is 13.2 Å². The van der Waals surface area contributed by atoms with E-state index in [2.05, 4.69) is 16.8 Å². The van der Waals surface area contributed by atoms with E-state index in [1.165, 1.54) is 0 Å². The third-order valence-corrected chi connectivity index (χ3v) is 9.98. The van der Waals surface area contributed by atoms with Crippen LogP contribution in [-0.4, -0.2) is 67.8 Å². The van der Waals surface area contributed by atoms with E-state index in [9.17, 15) is 13.2 Å². The fourth-order valence-electron chi connectivity index (χ4n) is 4.47. The molecular weight excluding hydrogens is 492 g/mol. The number of aromatic nitrogens is 1. The summed E-state index contributed by atoms with van der Waals surface area (Å²) < 4.78 is 28.5. The number of thiazole rings is 1. The van der Waals surface area contributed by atoms with Gasteiger partial charge in [0.25, 0.3) is 5.91 Å². The van der Waals surface area contributed by atoms with Crippen LogP contribution >= 0.6 is 22.9 Å². The Morgan fingerprint density at radius 1 is 1.00 bits per heavy atom. The monoisotopic (exact) mass is 518 g/mol. The van der Waals surface area contributed by atoms with Crippen LogP contribution in [0.3, 0.4) is 0 Å². The maximum absolute atomic E-state index is 13.0. The first-order chi connectivity index (χ1) is 16.3. The van der Waals surface area contributed by atoms with Gasteiger partial charge >= 0.3 is 0 Å². The molecule has 3 heterocycles. The SMILES string of the molecule is CC1CCN(S(=O)(=O)c2ccc(C(=O)N3CCN(c4nc5c(Cl)cccc5s4)CC3)cc2)CC1. The van der Waals surface area contributed by atoms with Gasteiger partial charge < -0.3 is 9.80 Å². The van der Waals surface area contributed by atoms with Crippen LogP contribution in [-0.2, 0) is 10.0 Å². The fraction of sp³-hybridized carbons (Fsp3) is 0.417. The van der Waals surface area contributed by atoms with Crippen LogP contribution in [0.4, 0.5) is 5.13 Å². The lowest BCUT2D eigenvalue weighted by molar-refractivity contribution is 0.0746. The van der Waals surface area contributed by atoms with Gasteiger partial charge in [-0.3, -0.25) is 4.79 Å². The summed E-state index contributed by atoms with van der Waals surface area (Å²) in [7, 11) is -3.52. The summed E-state index contributed by atoms with van der Waals surface area (Å²) in [4.78, 5) is 22.0. The molecule has 0 radical (unpaired) electrons. The molecule has 5 rings (SSSR count). The number of para-hydroxylation sites is 1. The van der Waals surface area contributed by atoms with E-state index < -0.39 is 10.0 Å². The molecule has 2 saturated heterocycles. The van der Waals surface area contributed by atoms with Gasteiger partial charge in [-0.1, -0.05) is 35.9 Å². The smallest absolute Gasteiger partial charge is 0.253 e. The molecule has 10 heteroatoms. The van der Waals surface area contributed by atoms with E-state index in [1.807, 2.05) is 23.1 Å². The summed E-state index contributed by atoms with van der Waals surface area (Å²) in [6.45, 7) is 5.78. The van der Waals surface area contributed by atoms with Gasteiger partial charge in [0.05, 0.1) is 14.6 Å². The van der Waals surface area contributed by atoms with Crippen molar-refractivity contribution in [3.8, 4) is 0 Å². The zero-order chi connectivity index (χ0) is 23.9. The third-order valence-electron chi connectivity index (χ3n) is 6.68. The van der Waals surface area contributed by atoms with Crippen molar-refractivity contribution in [3.05, 3.63) is 53.1 Å². The first-order valence-electron chi connectivity index (χ1n) is 11.5. The molecule has 34 heavy (non-hydrogen) atoms. The number of hydrogen-bond acceptors (Lipinski definition) is 6. The number of fused-ring (bicyclic) bond motifs is 1. The second kappa shape index (κ2) is 9.45. The summed E-state index contributed by atoms with van der Waals surface area (Å²) in [5.74, 6) is 0.474. The van der Waals surface area contributed by atoms with Crippen LogP contribution in [0.15, 0.2) is 47.4 Å². The number of benzene rings is 2. The summed E-state index contributed by atoms with van der Waals surface area (Å²) in [6, 6.07) is 12.1. The number of carbonyl (C=O) groups excluding carboxylic acids is 1. The van der Waals surface area contributed by atoms with Gasteiger partial charge in [-0.25, -0.2) is 13.4 Å². The topological polar surface area (TPSA) is 73.8 Å². The molecule has 2 fully saturated rings. The fourth-order valence-corrected chi connectivity index (χ4v) is 7.25. The Morgan fingerprint density at radius 3 is 2.32 bits per heavy atom. The number of hydrogen-bond donors (Lipinski definition) is 0. The van der Waals surface area contributed by atoms with Gasteiger partial charge in [0, 0.05) is 44.8 Å². The van der Waals surface area contributed by atoms with Crippen LogP contribution in [0, 0.1) is 5.92 Å². The van der Waals surface area contributed by atoms with Gasteiger partial charge in [-0.05, 0) is 55.2 Å². The maximum atomic E-state index is 13.0. The quantitative estimate of drug-likeness (QED) is 0.514. The van der Waals surface area contributed by atoms with Gasteiger partial charge in [-0.15, -0.1) is 0 Å². The Bertz CT molecular complexity index is 1290. The van der Waals surface area contributed by atoms with E-state index in [4.69, 9.17) is 11.6 Å². The van der Waals surface area contributed by atoms with Crippen LogP contribution in [0.25, 0.3) is 10.2 Å². The highest BCUT2D eigenvalue weighted by atomic mass is 35.5. The minimum atomic E-state index is -3.52. The molecule has 2 aliphatic rings. The molecule has 0 spiro atoms. The summed E-state index contributed by atoms with van der Waals surface area (Å²) >= 11 is 7.87. The van der Waals surface area contributed by atoms with E-state index in [1.54, 1.807) is 39.9 Å². The van der Waals surface area contributed by atoms with Gasteiger partial charge in [0.1, 0.15) is 5.52 Å². The number of rotatable bonds is 4. The van der Waals surface area contributed by atoms with Crippen molar-refractivity contribution >= 4 is 54.2 Å².